The van der Waals surface area contributed by atoms with Crippen LogP contribution in [0.15, 0.2) is 0 Å². The molecule has 0 aromatic carbocycles. The Morgan fingerprint density at radius 1 is 1.27 bits per heavy atom. The van der Waals surface area contributed by atoms with Crippen LogP contribution in [-0.4, -0.2) is 55.0 Å². The highest BCUT2D eigenvalue weighted by Gasteiger charge is 2.30. The van der Waals surface area contributed by atoms with Gasteiger partial charge in [-0.25, -0.2) is 8.42 Å². The van der Waals surface area contributed by atoms with Gasteiger partial charge in [-0.05, 0) is 6.92 Å². The summed E-state index contributed by atoms with van der Waals surface area (Å²) in [5.74, 6) is -1.02. The average Bonchev–Trinajstić information content (AvgIpc) is 2.15. The van der Waals surface area contributed by atoms with E-state index in [9.17, 15) is 13.2 Å². The number of hydrogen-bond acceptors (Lipinski definition) is 4. The molecule has 0 aromatic rings. The molecule has 1 aliphatic heterocycles. The van der Waals surface area contributed by atoms with E-state index in [1.54, 1.807) is 6.92 Å². The normalized spacial score (nSPS) is 25.7. The molecule has 0 spiro atoms. The van der Waals surface area contributed by atoms with Crippen LogP contribution in [0.3, 0.4) is 0 Å². The van der Waals surface area contributed by atoms with Gasteiger partial charge in [-0.1, -0.05) is 6.92 Å². The minimum Gasteiger partial charge on any atom is -0.481 e. The number of sulfone groups is 1. The Labute approximate surface area is 90.0 Å². The van der Waals surface area contributed by atoms with Crippen LogP contribution < -0.4 is 0 Å². The summed E-state index contributed by atoms with van der Waals surface area (Å²) in [6, 6.07) is -0.113. The van der Waals surface area contributed by atoms with Gasteiger partial charge in [-0.15, -0.1) is 0 Å². The van der Waals surface area contributed by atoms with Crippen molar-refractivity contribution in [3.8, 4) is 0 Å². The summed E-state index contributed by atoms with van der Waals surface area (Å²) in [5.41, 5.74) is 0. The summed E-state index contributed by atoms with van der Waals surface area (Å²) in [7, 11) is -2.88. The van der Waals surface area contributed by atoms with Crippen molar-refractivity contribution >= 4 is 15.8 Å². The van der Waals surface area contributed by atoms with Crippen molar-refractivity contribution in [1.82, 2.24) is 4.90 Å². The SMILES string of the molecule is CC(C(=O)O)C(C)N1CCS(=O)(=O)CC1. The number of carboxylic acid groups (broad SMARTS) is 1. The van der Waals surface area contributed by atoms with Crippen LogP contribution in [-0.2, 0) is 14.6 Å². The first-order chi connectivity index (χ1) is 6.83. The van der Waals surface area contributed by atoms with Crippen LogP contribution in [0.2, 0.25) is 0 Å². The fourth-order valence-corrected chi connectivity index (χ4v) is 2.89. The smallest absolute Gasteiger partial charge is 0.307 e. The van der Waals surface area contributed by atoms with E-state index in [0.717, 1.165) is 0 Å². The molecule has 1 rings (SSSR count). The van der Waals surface area contributed by atoms with E-state index < -0.39 is 21.7 Å². The minimum absolute atomic E-state index is 0.113. The molecule has 0 radical (unpaired) electrons. The first-order valence-electron chi connectivity index (χ1n) is 5.01. The highest BCUT2D eigenvalue weighted by atomic mass is 32.2. The summed E-state index contributed by atoms with van der Waals surface area (Å²) in [6.45, 7) is 4.37. The van der Waals surface area contributed by atoms with E-state index >= 15 is 0 Å². The number of carboxylic acids is 1. The monoisotopic (exact) mass is 235 g/mol. The van der Waals surface area contributed by atoms with Gasteiger partial charge in [-0.2, -0.15) is 0 Å². The summed E-state index contributed by atoms with van der Waals surface area (Å²) in [5, 5.41) is 8.84. The Kier molecular flexibility index (Phi) is 3.72. The lowest BCUT2D eigenvalue weighted by Crippen LogP contribution is -2.48. The molecule has 6 heteroatoms. The van der Waals surface area contributed by atoms with E-state index in [1.165, 1.54) is 0 Å². The summed E-state index contributed by atoms with van der Waals surface area (Å²) >= 11 is 0. The second-order valence-electron chi connectivity index (χ2n) is 4.06. The van der Waals surface area contributed by atoms with Crippen LogP contribution >= 0.6 is 0 Å². The van der Waals surface area contributed by atoms with Crippen molar-refractivity contribution in [2.75, 3.05) is 24.6 Å². The quantitative estimate of drug-likeness (QED) is 0.735. The van der Waals surface area contributed by atoms with Gasteiger partial charge in [0.25, 0.3) is 0 Å². The van der Waals surface area contributed by atoms with E-state index in [-0.39, 0.29) is 17.5 Å². The maximum Gasteiger partial charge on any atom is 0.307 e. The first kappa shape index (κ1) is 12.4. The molecule has 1 saturated heterocycles. The topological polar surface area (TPSA) is 74.7 Å². The van der Waals surface area contributed by atoms with Gasteiger partial charge in [0, 0.05) is 19.1 Å². The molecule has 1 fully saturated rings. The Morgan fingerprint density at radius 3 is 2.13 bits per heavy atom. The van der Waals surface area contributed by atoms with Gasteiger partial charge in [0.1, 0.15) is 0 Å². The first-order valence-corrected chi connectivity index (χ1v) is 6.83. The third-order valence-corrected chi connectivity index (χ3v) is 4.68. The zero-order chi connectivity index (χ0) is 11.6. The Hall–Kier alpha value is -0.620. The van der Waals surface area contributed by atoms with E-state index in [2.05, 4.69) is 0 Å². The molecular weight excluding hydrogens is 218 g/mol. The fraction of sp³-hybridized carbons (Fsp3) is 0.889. The van der Waals surface area contributed by atoms with Gasteiger partial charge in [0.2, 0.25) is 0 Å². The van der Waals surface area contributed by atoms with E-state index in [0.29, 0.717) is 13.1 Å². The number of carbonyl (C=O) groups is 1. The van der Waals surface area contributed by atoms with Gasteiger partial charge >= 0.3 is 5.97 Å². The molecule has 0 saturated carbocycles. The summed E-state index contributed by atoms with van der Waals surface area (Å²) < 4.78 is 22.4. The van der Waals surface area contributed by atoms with E-state index in [1.807, 2.05) is 11.8 Å². The van der Waals surface area contributed by atoms with Crippen LogP contribution in [0.25, 0.3) is 0 Å². The Bertz CT molecular complexity index is 324. The standard InChI is InChI=1S/C9H17NO4S/c1-7(9(11)12)8(2)10-3-5-15(13,14)6-4-10/h7-8H,3-6H2,1-2H3,(H,11,12). The maximum atomic E-state index is 11.2. The fourth-order valence-electron chi connectivity index (χ4n) is 1.66. The molecule has 15 heavy (non-hydrogen) atoms. The minimum atomic E-state index is -2.88. The van der Waals surface area contributed by atoms with Gasteiger partial charge < -0.3 is 5.11 Å². The van der Waals surface area contributed by atoms with Crippen molar-refractivity contribution < 1.29 is 18.3 Å². The molecule has 1 N–H and O–H groups in total. The number of rotatable bonds is 3. The maximum absolute atomic E-state index is 11.2. The molecule has 0 aromatic heterocycles. The van der Waals surface area contributed by atoms with Gasteiger partial charge in [0.05, 0.1) is 17.4 Å². The Balaban J connectivity index is 2.57. The lowest BCUT2D eigenvalue weighted by Gasteiger charge is -2.34. The lowest BCUT2D eigenvalue weighted by atomic mass is 10.0. The second-order valence-corrected chi connectivity index (χ2v) is 6.36. The van der Waals surface area contributed by atoms with Crippen LogP contribution in [0.4, 0.5) is 0 Å². The highest BCUT2D eigenvalue weighted by Crippen LogP contribution is 2.14. The predicted octanol–water partition coefficient (Wildman–Crippen LogP) is -0.174. The van der Waals surface area contributed by atoms with Crippen molar-refractivity contribution in [2.45, 2.75) is 19.9 Å². The molecule has 5 nitrogen and oxygen atoms in total. The van der Waals surface area contributed by atoms with E-state index in [4.69, 9.17) is 5.11 Å². The summed E-state index contributed by atoms with van der Waals surface area (Å²) in [6.07, 6.45) is 0. The molecule has 0 bridgehead atoms. The molecule has 0 aliphatic carbocycles. The van der Waals surface area contributed by atoms with Crippen LogP contribution in [0.1, 0.15) is 13.8 Å². The number of aliphatic carboxylic acids is 1. The molecule has 2 unspecified atom stereocenters. The van der Waals surface area contributed by atoms with Crippen LogP contribution in [0, 0.1) is 5.92 Å². The zero-order valence-electron chi connectivity index (χ0n) is 9.01. The molecule has 2 atom stereocenters. The average molecular weight is 235 g/mol. The van der Waals surface area contributed by atoms with Crippen molar-refractivity contribution in [3.63, 3.8) is 0 Å². The largest absolute Gasteiger partial charge is 0.481 e. The molecule has 0 amide bonds. The zero-order valence-corrected chi connectivity index (χ0v) is 9.83. The van der Waals surface area contributed by atoms with Crippen LogP contribution in [0.5, 0.6) is 0 Å². The van der Waals surface area contributed by atoms with Crippen molar-refractivity contribution in [1.29, 1.82) is 0 Å². The highest BCUT2D eigenvalue weighted by molar-refractivity contribution is 7.91. The lowest BCUT2D eigenvalue weighted by molar-refractivity contribution is -0.143. The second kappa shape index (κ2) is 4.49. The molecule has 88 valence electrons. The van der Waals surface area contributed by atoms with Gasteiger partial charge in [0.15, 0.2) is 9.84 Å². The predicted molar refractivity (Wildman–Crippen MR) is 56.5 cm³/mol. The number of nitrogens with zero attached hydrogens (tertiary/aromatic N) is 1. The van der Waals surface area contributed by atoms with Crippen molar-refractivity contribution in [3.05, 3.63) is 0 Å². The number of hydrogen-bond donors (Lipinski definition) is 1. The van der Waals surface area contributed by atoms with Gasteiger partial charge in [-0.3, -0.25) is 9.69 Å². The third-order valence-electron chi connectivity index (χ3n) is 3.07. The Morgan fingerprint density at radius 2 is 1.73 bits per heavy atom. The molecule has 1 heterocycles. The third kappa shape index (κ3) is 3.17. The molecule has 1 aliphatic rings. The summed E-state index contributed by atoms with van der Waals surface area (Å²) in [4.78, 5) is 12.7. The van der Waals surface area contributed by atoms with Crippen molar-refractivity contribution in [2.24, 2.45) is 5.92 Å². The molecular formula is C9H17NO4S.